The lowest BCUT2D eigenvalue weighted by Crippen LogP contribution is -2.57. The molecule has 3 N–H and O–H groups in total. The first-order chi connectivity index (χ1) is 15.9. The van der Waals surface area contributed by atoms with E-state index in [9.17, 15) is 4.79 Å². The number of halogens is 3. The second kappa shape index (κ2) is 8.01. The largest absolute Gasteiger partial charge is 0.494 e. The van der Waals surface area contributed by atoms with Crippen molar-refractivity contribution in [1.29, 1.82) is 0 Å². The molecule has 3 aromatic rings. The van der Waals surface area contributed by atoms with E-state index in [-0.39, 0.29) is 27.5 Å². The third-order valence-electron chi connectivity index (χ3n) is 6.66. The van der Waals surface area contributed by atoms with Crippen molar-refractivity contribution >= 4 is 23.2 Å². The fourth-order valence-corrected chi connectivity index (χ4v) is 5.46. The van der Waals surface area contributed by atoms with E-state index < -0.39 is 23.1 Å². The summed E-state index contributed by atoms with van der Waals surface area (Å²) in [6, 6.07) is 14.0. The summed E-state index contributed by atoms with van der Waals surface area (Å²) in [5.74, 6) is -2.42. The number of hydrogen-bond acceptors (Lipinski definition) is 4. The lowest BCUT2D eigenvalue weighted by molar-refractivity contribution is 0.100. The van der Waals surface area contributed by atoms with Gasteiger partial charge in [0.05, 0.1) is 23.2 Å². The average molecular weight is 470 g/mol. The number of carbonyl (C=O) groups excluding carboxylic acids is 1. The Morgan fingerprint density at radius 1 is 1.18 bits per heavy atom. The molecule has 2 aliphatic heterocycles. The van der Waals surface area contributed by atoms with Crippen LogP contribution >= 0.6 is 11.6 Å². The van der Waals surface area contributed by atoms with Crippen molar-refractivity contribution in [2.24, 2.45) is 5.73 Å². The summed E-state index contributed by atoms with van der Waals surface area (Å²) in [5.41, 5.74) is 7.35. The smallest absolute Gasteiger partial charge is 0.249 e. The normalized spacial score (nSPS) is 19.2. The summed E-state index contributed by atoms with van der Waals surface area (Å²) >= 11 is 6.48. The van der Waals surface area contributed by atoms with Gasteiger partial charge in [0, 0.05) is 42.9 Å². The van der Waals surface area contributed by atoms with Gasteiger partial charge in [-0.15, -0.1) is 0 Å². The number of hydrogen-bond donors (Lipinski definition) is 2. The first-order valence-corrected chi connectivity index (χ1v) is 11.0. The summed E-state index contributed by atoms with van der Waals surface area (Å²) < 4.78 is 35.9. The Bertz CT molecular complexity index is 1270. The number of methoxy groups -OCH3 is 1. The van der Waals surface area contributed by atoms with Crippen LogP contribution in [-0.4, -0.2) is 32.7 Å². The van der Waals surface area contributed by atoms with Gasteiger partial charge in [0.25, 0.3) is 0 Å². The van der Waals surface area contributed by atoms with Gasteiger partial charge < -0.3 is 20.7 Å². The zero-order valence-corrected chi connectivity index (χ0v) is 18.7. The maximum atomic E-state index is 15.6. The van der Waals surface area contributed by atoms with Crippen LogP contribution in [-0.2, 0) is 12.0 Å². The van der Waals surface area contributed by atoms with E-state index >= 15 is 8.78 Å². The van der Waals surface area contributed by atoms with E-state index in [1.54, 1.807) is 0 Å². The van der Waals surface area contributed by atoms with Crippen molar-refractivity contribution in [1.82, 2.24) is 5.32 Å². The molecule has 2 heterocycles. The van der Waals surface area contributed by atoms with Crippen molar-refractivity contribution in [2.45, 2.75) is 12.0 Å². The molecular formula is C25H22ClF2N3O2. The SMILES string of the molecule is COc1ccc(C(N)=O)c(-c2c(Cl)c(F)cc3c2C[C@]2(c4ccccc4)CNCCN32)c1F. The third-order valence-corrected chi connectivity index (χ3v) is 7.03. The maximum absolute atomic E-state index is 15.6. The van der Waals surface area contributed by atoms with Crippen LogP contribution in [0.4, 0.5) is 14.5 Å². The number of piperazine rings is 1. The quantitative estimate of drug-likeness (QED) is 0.599. The average Bonchev–Trinajstić information content (AvgIpc) is 3.15. The number of primary amides is 1. The molecular weight excluding hydrogens is 448 g/mol. The van der Waals surface area contributed by atoms with E-state index in [0.717, 1.165) is 5.56 Å². The highest BCUT2D eigenvalue weighted by Gasteiger charge is 2.48. The monoisotopic (exact) mass is 469 g/mol. The summed E-state index contributed by atoms with van der Waals surface area (Å²) in [5, 5.41) is 3.19. The van der Waals surface area contributed by atoms with Gasteiger partial charge in [-0.25, -0.2) is 8.78 Å². The topological polar surface area (TPSA) is 67.6 Å². The molecule has 0 aliphatic carbocycles. The number of nitrogens with one attached hydrogen (secondary N) is 1. The molecule has 1 saturated heterocycles. The zero-order valence-electron chi connectivity index (χ0n) is 17.9. The van der Waals surface area contributed by atoms with Crippen molar-refractivity contribution in [2.75, 3.05) is 31.6 Å². The lowest BCUT2D eigenvalue weighted by atomic mass is 9.83. The third kappa shape index (κ3) is 3.18. The summed E-state index contributed by atoms with van der Waals surface area (Å²) in [4.78, 5) is 14.4. The fraction of sp³-hybridized carbons (Fsp3) is 0.240. The molecule has 1 amide bonds. The minimum absolute atomic E-state index is 0.0836. The molecule has 1 atom stereocenters. The first kappa shape index (κ1) is 21.7. The standard InChI is InChI=1S/C25H22ClF2N3O2/c1-33-19-8-7-15(24(29)32)21(23(19)28)20-16-12-25(14-5-3-2-4-6-14)13-30-9-10-31(25)18(16)11-17(27)22(20)26/h2-8,11,30H,9-10,12-13H2,1H3,(H2,29,32)/t25-/m1/s1. The van der Waals surface area contributed by atoms with Crippen LogP contribution in [0.2, 0.25) is 5.02 Å². The number of fused-ring (bicyclic) bond motifs is 3. The van der Waals surface area contributed by atoms with Gasteiger partial charge in [-0.2, -0.15) is 0 Å². The van der Waals surface area contributed by atoms with Gasteiger partial charge in [0.2, 0.25) is 5.91 Å². The number of anilines is 1. The van der Waals surface area contributed by atoms with Gasteiger partial charge in [-0.3, -0.25) is 4.79 Å². The van der Waals surface area contributed by atoms with Crippen molar-refractivity contribution in [3.63, 3.8) is 0 Å². The molecule has 0 radical (unpaired) electrons. The Hall–Kier alpha value is -3.16. The molecule has 0 unspecified atom stereocenters. The first-order valence-electron chi connectivity index (χ1n) is 10.6. The number of amides is 1. The number of benzene rings is 3. The van der Waals surface area contributed by atoms with Crippen molar-refractivity contribution in [3.05, 3.63) is 81.9 Å². The number of ether oxygens (including phenoxy) is 1. The molecule has 5 rings (SSSR count). The van der Waals surface area contributed by atoms with Crippen LogP contribution < -0.4 is 20.7 Å². The number of rotatable bonds is 4. The highest BCUT2D eigenvalue weighted by Crippen LogP contribution is 2.52. The molecule has 0 bridgehead atoms. The van der Waals surface area contributed by atoms with E-state index in [2.05, 4.69) is 10.2 Å². The van der Waals surface area contributed by atoms with Crippen molar-refractivity contribution in [3.8, 4) is 16.9 Å². The Morgan fingerprint density at radius 3 is 2.64 bits per heavy atom. The predicted molar refractivity (Wildman–Crippen MR) is 124 cm³/mol. The lowest BCUT2D eigenvalue weighted by Gasteiger charge is -2.45. The molecule has 5 nitrogen and oxygen atoms in total. The van der Waals surface area contributed by atoms with E-state index in [4.69, 9.17) is 22.1 Å². The second-order valence-corrected chi connectivity index (χ2v) is 8.69. The molecule has 8 heteroatoms. The Kier molecular flexibility index (Phi) is 5.26. The molecule has 3 aromatic carbocycles. The van der Waals surface area contributed by atoms with Crippen LogP contribution in [0.1, 0.15) is 21.5 Å². The molecule has 2 aliphatic rings. The molecule has 0 saturated carbocycles. The molecule has 0 spiro atoms. The molecule has 170 valence electrons. The number of nitrogens with two attached hydrogens (primary N) is 1. The van der Waals surface area contributed by atoms with Crippen LogP contribution in [0.3, 0.4) is 0 Å². The van der Waals surface area contributed by atoms with Gasteiger partial charge in [-0.1, -0.05) is 41.9 Å². The summed E-state index contributed by atoms with van der Waals surface area (Å²) in [6.45, 7) is 1.97. The van der Waals surface area contributed by atoms with E-state index in [1.165, 1.54) is 25.3 Å². The van der Waals surface area contributed by atoms with Gasteiger partial charge in [0.15, 0.2) is 11.6 Å². The number of carbonyl (C=O) groups is 1. The second-order valence-electron chi connectivity index (χ2n) is 8.32. The van der Waals surface area contributed by atoms with E-state index in [1.807, 2.05) is 30.3 Å². The van der Waals surface area contributed by atoms with Crippen LogP contribution in [0.25, 0.3) is 11.1 Å². The van der Waals surface area contributed by atoms with Crippen LogP contribution in [0.15, 0.2) is 48.5 Å². The Labute approximate surface area is 195 Å². The Balaban J connectivity index is 1.82. The minimum atomic E-state index is -0.837. The minimum Gasteiger partial charge on any atom is -0.494 e. The molecule has 0 aromatic heterocycles. The maximum Gasteiger partial charge on any atom is 0.249 e. The summed E-state index contributed by atoms with van der Waals surface area (Å²) in [7, 11) is 1.32. The van der Waals surface area contributed by atoms with Gasteiger partial charge >= 0.3 is 0 Å². The van der Waals surface area contributed by atoms with E-state index in [0.29, 0.717) is 37.3 Å². The van der Waals surface area contributed by atoms with Gasteiger partial charge in [-0.05, 0) is 29.3 Å². The van der Waals surface area contributed by atoms with Crippen LogP contribution in [0.5, 0.6) is 5.75 Å². The van der Waals surface area contributed by atoms with Gasteiger partial charge in [0.1, 0.15) is 5.82 Å². The van der Waals surface area contributed by atoms with Crippen molar-refractivity contribution < 1.29 is 18.3 Å². The highest BCUT2D eigenvalue weighted by molar-refractivity contribution is 6.34. The highest BCUT2D eigenvalue weighted by atomic mass is 35.5. The van der Waals surface area contributed by atoms with Crippen LogP contribution in [0, 0.1) is 11.6 Å². The Morgan fingerprint density at radius 2 is 1.94 bits per heavy atom. The summed E-state index contributed by atoms with van der Waals surface area (Å²) in [6.07, 6.45) is 0.448. The number of nitrogens with zero attached hydrogens (tertiary/aromatic N) is 1. The molecule has 1 fully saturated rings. The zero-order chi connectivity index (χ0) is 23.3. The fourth-order valence-electron chi connectivity index (χ4n) is 5.20. The molecule has 33 heavy (non-hydrogen) atoms. The predicted octanol–water partition coefficient (Wildman–Crippen LogP) is 4.25.